The highest BCUT2D eigenvalue weighted by Crippen LogP contribution is 2.42. The highest BCUT2D eigenvalue weighted by molar-refractivity contribution is 7.99. The third-order valence-electron chi connectivity index (χ3n) is 5.99. The van der Waals surface area contributed by atoms with Gasteiger partial charge in [-0.25, -0.2) is 13.1 Å². The summed E-state index contributed by atoms with van der Waals surface area (Å²) in [5.41, 5.74) is 1.87. The number of carboxylic acids is 1. The molecular formula is C24H32N2O4S3. The summed E-state index contributed by atoms with van der Waals surface area (Å²) in [7, 11) is -3.78. The van der Waals surface area contributed by atoms with E-state index in [9.17, 15) is 13.2 Å². The van der Waals surface area contributed by atoms with Gasteiger partial charge in [-0.1, -0.05) is 44.9 Å². The van der Waals surface area contributed by atoms with E-state index in [0.717, 1.165) is 35.4 Å². The Kier molecular flexibility index (Phi) is 8.77. The lowest BCUT2D eigenvalue weighted by atomic mass is 9.89. The number of nitrogens with zero attached hydrogens (tertiary/aromatic N) is 1. The first kappa shape index (κ1) is 25.9. The van der Waals surface area contributed by atoms with E-state index < -0.39 is 21.5 Å². The molecule has 1 aliphatic rings. The zero-order chi connectivity index (χ0) is 24.1. The van der Waals surface area contributed by atoms with Gasteiger partial charge in [0.15, 0.2) is 0 Å². The van der Waals surface area contributed by atoms with Crippen molar-refractivity contribution in [2.24, 2.45) is 0 Å². The Morgan fingerprint density at radius 1 is 1.21 bits per heavy atom. The van der Waals surface area contributed by atoms with Crippen LogP contribution in [0, 0.1) is 0 Å². The third-order valence-corrected chi connectivity index (χ3v) is 9.38. The fourth-order valence-electron chi connectivity index (χ4n) is 4.17. The Bertz CT molecular complexity index is 1080. The molecule has 9 heteroatoms. The largest absolute Gasteiger partial charge is 0.481 e. The van der Waals surface area contributed by atoms with Gasteiger partial charge in [-0.05, 0) is 48.9 Å². The summed E-state index contributed by atoms with van der Waals surface area (Å²) in [5.74, 6) is -0.471. The van der Waals surface area contributed by atoms with Crippen molar-refractivity contribution < 1.29 is 18.3 Å². The van der Waals surface area contributed by atoms with Crippen molar-refractivity contribution in [3.8, 4) is 0 Å². The van der Waals surface area contributed by atoms with Crippen LogP contribution in [-0.2, 0) is 20.6 Å². The maximum absolute atomic E-state index is 13.7. The van der Waals surface area contributed by atoms with Crippen LogP contribution in [0.1, 0.15) is 45.1 Å². The fraction of sp³-hybridized carbons (Fsp3) is 0.458. The molecule has 0 saturated carbocycles. The van der Waals surface area contributed by atoms with Gasteiger partial charge in [0.1, 0.15) is 4.90 Å². The number of hydrogen-bond donors (Lipinski definition) is 2. The van der Waals surface area contributed by atoms with E-state index in [1.165, 1.54) is 11.8 Å². The van der Waals surface area contributed by atoms with Gasteiger partial charge >= 0.3 is 5.97 Å². The standard InChI is InChI=1S/C24H32N2O4S3/c1-4-6-12-24(5-2)17-26(19-10-8-7-9-11-19)20-14-21(31-3)18(15-32-16-23(27)28)13-22(20)33(29,30)25-24/h7-11,13-14,25H,4-6,12,15-17H2,1-3H3,(H,27,28). The van der Waals surface area contributed by atoms with E-state index >= 15 is 0 Å². The Balaban J connectivity index is 2.18. The van der Waals surface area contributed by atoms with Crippen LogP contribution in [0.2, 0.25) is 0 Å². The number of aliphatic carboxylic acids is 1. The van der Waals surface area contributed by atoms with Crippen LogP contribution in [-0.4, -0.2) is 43.6 Å². The Morgan fingerprint density at radius 2 is 1.94 bits per heavy atom. The molecule has 0 spiro atoms. The third kappa shape index (κ3) is 6.07. The molecule has 3 rings (SSSR count). The van der Waals surface area contributed by atoms with Crippen molar-refractivity contribution in [1.29, 1.82) is 0 Å². The van der Waals surface area contributed by atoms with Gasteiger partial charge in [-0.2, -0.15) is 0 Å². The first-order chi connectivity index (χ1) is 15.7. The van der Waals surface area contributed by atoms with Gasteiger partial charge in [0.2, 0.25) is 10.0 Å². The average Bonchev–Trinajstić information content (AvgIpc) is 2.90. The number of para-hydroxylation sites is 1. The minimum atomic E-state index is -3.78. The summed E-state index contributed by atoms with van der Waals surface area (Å²) in [4.78, 5) is 14.3. The predicted molar refractivity (Wildman–Crippen MR) is 138 cm³/mol. The quantitative estimate of drug-likeness (QED) is 0.410. The lowest BCUT2D eigenvalue weighted by molar-refractivity contribution is -0.133. The van der Waals surface area contributed by atoms with Crippen LogP contribution < -0.4 is 9.62 Å². The number of nitrogens with one attached hydrogen (secondary N) is 1. The Hall–Kier alpha value is -1.68. The van der Waals surface area contributed by atoms with Gasteiger partial charge in [0.05, 0.1) is 17.0 Å². The number of hydrogen-bond acceptors (Lipinski definition) is 6. The molecule has 0 saturated heterocycles. The van der Waals surface area contributed by atoms with Gasteiger partial charge in [0, 0.05) is 22.9 Å². The average molecular weight is 509 g/mol. The second kappa shape index (κ2) is 11.2. The fourth-order valence-corrected chi connectivity index (χ4v) is 7.36. The summed E-state index contributed by atoms with van der Waals surface area (Å²) < 4.78 is 30.5. The Labute approximate surface area is 205 Å². The number of carbonyl (C=O) groups is 1. The second-order valence-corrected chi connectivity index (χ2v) is 11.8. The molecule has 33 heavy (non-hydrogen) atoms. The number of benzene rings is 2. The molecule has 2 aromatic rings. The number of carboxylic acid groups (broad SMARTS) is 1. The van der Waals surface area contributed by atoms with Gasteiger partial charge in [-0.15, -0.1) is 23.5 Å². The molecule has 1 heterocycles. The summed E-state index contributed by atoms with van der Waals surface area (Å²) in [6.07, 6.45) is 5.32. The van der Waals surface area contributed by atoms with Crippen molar-refractivity contribution in [2.45, 2.75) is 60.6 Å². The molecule has 0 radical (unpaired) electrons. The van der Waals surface area contributed by atoms with Crippen molar-refractivity contribution in [3.05, 3.63) is 48.0 Å². The molecule has 1 atom stereocenters. The topological polar surface area (TPSA) is 86.7 Å². The summed E-state index contributed by atoms with van der Waals surface area (Å²) in [6, 6.07) is 13.6. The maximum Gasteiger partial charge on any atom is 0.313 e. The molecule has 180 valence electrons. The van der Waals surface area contributed by atoms with E-state index in [4.69, 9.17) is 5.11 Å². The smallest absolute Gasteiger partial charge is 0.313 e. The van der Waals surface area contributed by atoms with Crippen LogP contribution >= 0.6 is 23.5 Å². The van der Waals surface area contributed by atoms with Crippen molar-refractivity contribution >= 4 is 50.9 Å². The van der Waals surface area contributed by atoms with Gasteiger partial charge in [-0.3, -0.25) is 4.79 Å². The molecule has 1 unspecified atom stereocenters. The number of anilines is 2. The minimum Gasteiger partial charge on any atom is -0.481 e. The van der Waals surface area contributed by atoms with Crippen LogP contribution in [0.4, 0.5) is 11.4 Å². The number of unbranched alkanes of at least 4 members (excludes halogenated alkanes) is 1. The Morgan fingerprint density at radius 3 is 2.55 bits per heavy atom. The van der Waals surface area contributed by atoms with Crippen LogP contribution in [0.25, 0.3) is 0 Å². The first-order valence-electron chi connectivity index (χ1n) is 11.1. The number of sulfonamides is 1. The van der Waals surface area contributed by atoms with E-state index in [2.05, 4.69) is 16.5 Å². The summed E-state index contributed by atoms with van der Waals surface area (Å²) >= 11 is 2.82. The molecule has 0 bridgehead atoms. The SMILES string of the molecule is CCCCC1(CC)CN(c2ccccc2)c2cc(SC)c(CSCC(=O)O)cc2S(=O)(=O)N1. The molecule has 0 amide bonds. The molecule has 2 aromatic carbocycles. The van der Waals surface area contributed by atoms with Crippen molar-refractivity contribution in [3.63, 3.8) is 0 Å². The lowest BCUT2D eigenvalue weighted by Gasteiger charge is -2.36. The van der Waals surface area contributed by atoms with E-state index in [0.29, 0.717) is 24.4 Å². The van der Waals surface area contributed by atoms with Crippen LogP contribution in [0.3, 0.4) is 0 Å². The normalized spacial score (nSPS) is 19.7. The lowest BCUT2D eigenvalue weighted by Crippen LogP contribution is -2.52. The molecule has 1 aliphatic heterocycles. The highest BCUT2D eigenvalue weighted by Gasteiger charge is 2.41. The zero-order valence-corrected chi connectivity index (χ0v) is 21.8. The van der Waals surface area contributed by atoms with E-state index in [-0.39, 0.29) is 10.6 Å². The van der Waals surface area contributed by atoms with E-state index in [1.807, 2.05) is 49.6 Å². The molecule has 0 aromatic heterocycles. The minimum absolute atomic E-state index is 0.0258. The molecule has 0 fully saturated rings. The number of fused-ring (bicyclic) bond motifs is 1. The van der Waals surface area contributed by atoms with Crippen LogP contribution in [0.5, 0.6) is 0 Å². The van der Waals surface area contributed by atoms with Gasteiger partial charge < -0.3 is 10.0 Å². The zero-order valence-electron chi connectivity index (χ0n) is 19.3. The number of rotatable bonds is 10. The van der Waals surface area contributed by atoms with Crippen LogP contribution in [0.15, 0.2) is 52.3 Å². The molecule has 2 N–H and O–H groups in total. The summed E-state index contributed by atoms with van der Waals surface area (Å²) in [6.45, 7) is 4.70. The highest BCUT2D eigenvalue weighted by atomic mass is 32.2. The van der Waals surface area contributed by atoms with Gasteiger partial charge in [0.25, 0.3) is 0 Å². The molecule has 0 aliphatic carbocycles. The van der Waals surface area contributed by atoms with Crippen molar-refractivity contribution in [1.82, 2.24) is 4.72 Å². The van der Waals surface area contributed by atoms with Crippen molar-refractivity contribution in [2.75, 3.05) is 23.5 Å². The second-order valence-electron chi connectivity index (χ2n) is 8.28. The molecule has 6 nitrogen and oxygen atoms in total. The van der Waals surface area contributed by atoms with E-state index in [1.54, 1.807) is 17.8 Å². The predicted octanol–water partition coefficient (Wildman–Crippen LogP) is 5.50. The number of thioether (sulfide) groups is 2. The molecular weight excluding hydrogens is 476 g/mol. The summed E-state index contributed by atoms with van der Waals surface area (Å²) in [5, 5.41) is 9.01. The first-order valence-corrected chi connectivity index (χ1v) is 15.0. The monoisotopic (exact) mass is 508 g/mol. The maximum atomic E-state index is 13.7.